The van der Waals surface area contributed by atoms with Crippen LogP contribution >= 0.6 is 11.8 Å². The van der Waals surface area contributed by atoms with E-state index in [4.69, 9.17) is 4.74 Å². The SMILES string of the molecule is CCN(CC)C(=O)CSc1nc(O)c(Cc2ccccc2)c(=O)n1-c1ccc(OC)cc1. The Balaban J connectivity index is 2.04. The zero-order valence-electron chi connectivity index (χ0n) is 18.4. The fourth-order valence-electron chi connectivity index (χ4n) is 3.33. The van der Waals surface area contributed by atoms with Crippen molar-refractivity contribution in [1.29, 1.82) is 0 Å². The highest BCUT2D eigenvalue weighted by atomic mass is 32.2. The van der Waals surface area contributed by atoms with Crippen LogP contribution < -0.4 is 10.3 Å². The van der Waals surface area contributed by atoms with Gasteiger partial charge in [0.05, 0.1) is 24.1 Å². The molecule has 3 aromatic rings. The Bertz CT molecular complexity index is 1110. The number of methoxy groups -OCH3 is 1. The van der Waals surface area contributed by atoms with E-state index >= 15 is 0 Å². The largest absolute Gasteiger partial charge is 0.497 e. The highest BCUT2D eigenvalue weighted by Gasteiger charge is 2.20. The Morgan fingerprint density at radius 1 is 1.09 bits per heavy atom. The van der Waals surface area contributed by atoms with Crippen LogP contribution in [0.4, 0.5) is 0 Å². The third-order valence-corrected chi connectivity index (χ3v) is 6.04. The van der Waals surface area contributed by atoms with E-state index in [-0.39, 0.29) is 40.2 Å². The van der Waals surface area contributed by atoms with Gasteiger partial charge in [-0.2, -0.15) is 4.98 Å². The molecule has 32 heavy (non-hydrogen) atoms. The molecule has 8 heteroatoms. The van der Waals surface area contributed by atoms with Gasteiger partial charge in [-0.25, -0.2) is 0 Å². The fraction of sp³-hybridized carbons (Fsp3) is 0.292. The van der Waals surface area contributed by atoms with Crippen molar-refractivity contribution in [1.82, 2.24) is 14.5 Å². The predicted molar refractivity (Wildman–Crippen MR) is 126 cm³/mol. The Labute approximate surface area is 191 Å². The number of ether oxygens (including phenoxy) is 1. The van der Waals surface area contributed by atoms with Crippen LogP contribution in [0.25, 0.3) is 5.69 Å². The maximum Gasteiger partial charge on any atom is 0.266 e. The van der Waals surface area contributed by atoms with E-state index in [2.05, 4.69) is 4.98 Å². The number of carbonyl (C=O) groups is 1. The summed E-state index contributed by atoms with van der Waals surface area (Å²) in [5.41, 5.74) is 1.30. The van der Waals surface area contributed by atoms with Crippen LogP contribution in [0.2, 0.25) is 0 Å². The number of amides is 1. The summed E-state index contributed by atoms with van der Waals surface area (Å²) >= 11 is 1.13. The van der Waals surface area contributed by atoms with Crippen molar-refractivity contribution in [2.24, 2.45) is 0 Å². The first-order valence-corrected chi connectivity index (χ1v) is 11.4. The predicted octanol–water partition coefficient (Wildman–Crippen LogP) is 3.50. The highest BCUT2D eigenvalue weighted by Crippen LogP contribution is 2.25. The molecule has 0 saturated carbocycles. The van der Waals surface area contributed by atoms with Gasteiger partial charge in [-0.05, 0) is 43.7 Å². The molecule has 0 spiro atoms. The van der Waals surface area contributed by atoms with Gasteiger partial charge in [-0.15, -0.1) is 0 Å². The molecule has 1 amide bonds. The van der Waals surface area contributed by atoms with E-state index in [0.717, 1.165) is 17.3 Å². The Kier molecular flexibility index (Phi) is 7.94. The lowest BCUT2D eigenvalue weighted by Gasteiger charge is -2.19. The second-order valence-electron chi connectivity index (χ2n) is 7.05. The van der Waals surface area contributed by atoms with E-state index < -0.39 is 0 Å². The maximum absolute atomic E-state index is 13.5. The molecule has 0 aliphatic carbocycles. The minimum absolute atomic E-state index is 0.0524. The van der Waals surface area contributed by atoms with Gasteiger partial charge >= 0.3 is 0 Å². The Hall–Kier alpha value is -3.26. The molecular weight excluding hydrogens is 426 g/mol. The monoisotopic (exact) mass is 453 g/mol. The van der Waals surface area contributed by atoms with Crippen molar-refractivity contribution in [3.05, 3.63) is 76.1 Å². The molecule has 168 valence electrons. The van der Waals surface area contributed by atoms with Gasteiger partial charge in [0.25, 0.3) is 5.56 Å². The summed E-state index contributed by atoms with van der Waals surface area (Å²) < 4.78 is 6.66. The van der Waals surface area contributed by atoms with Gasteiger partial charge in [0.2, 0.25) is 11.8 Å². The van der Waals surface area contributed by atoms with Crippen LogP contribution in [0.1, 0.15) is 25.0 Å². The molecular formula is C24H27N3O4S. The second kappa shape index (κ2) is 10.9. The van der Waals surface area contributed by atoms with Gasteiger partial charge in [-0.3, -0.25) is 14.2 Å². The molecule has 0 bridgehead atoms. The first-order valence-electron chi connectivity index (χ1n) is 10.4. The number of benzene rings is 2. The number of aromatic hydroxyl groups is 1. The van der Waals surface area contributed by atoms with Crippen LogP contribution in [0.3, 0.4) is 0 Å². The molecule has 1 N–H and O–H groups in total. The average Bonchev–Trinajstić information content (AvgIpc) is 2.82. The lowest BCUT2D eigenvalue weighted by Crippen LogP contribution is -2.32. The van der Waals surface area contributed by atoms with E-state index in [1.165, 1.54) is 4.57 Å². The molecule has 3 rings (SSSR count). The van der Waals surface area contributed by atoms with Crippen molar-refractivity contribution in [2.45, 2.75) is 25.4 Å². The minimum atomic E-state index is -0.371. The summed E-state index contributed by atoms with van der Waals surface area (Å²) in [4.78, 5) is 32.0. The smallest absolute Gasteiger partial charge is 0.266 e. The summed E-state index contributed by atoms with van der Waals surface area (Å²) in [6, 6.07) is 16.4. The van der Waals surface area contributed by atoms with Crippen LogP contribution in [0, 0.1) is 0 Å². The molecule has 0 fully saturated rings. The molecule has 0 radical (unpaired) electrons. The van der Waals surface area contributed by atoms with Crippen molar-refractivity contribution in [3.8, 4) is 17.3 Å². The Morgan fingerprint density at radius 2 is 1.75 bits per heavy atom. The summed E-state index contributed by atoms with van der Waals surface area (Å²) in [6.45, 7) is 5.05. The third kappa shape index (κ3) is 5.31. The number of carbonyl (C=O) groups excluding carboxylic acids is 1. The lowest BCUT2D eigenvalue weighted by molar-refractivity contribution is -0.127. The maximum atomic E-state index is 13.5. The van der Waals surface area contributed by atoms with Crippen LogP contribution in [-0.2, 0) is 11.2 Å². The summed E-state index contributed by atoms with van der Waals surface area (Å²) in [5, 5.41) is 10.9. The van der Waals surface area contributed by atoms with Gasteiger partial charge in [0, 0.05) is 19.5 Å². The molecule has 0 unspecified atom stereocenters. The molecule has 1 aromatic heterocycles. The molecule has 0 aliphatic heterocycles. The Morgan fingerprint density at radius 3 is 2.34 bits per heavy atom. The number of aromatic nitrogens is 2. The highest BCUT2D eigenvalue weighted by molar-refractivity contribution is 7.99. The zero-order chi connectivity index (χ0) is 23.1. The summed E-state index contributed by atoms with van der Waals surface area (Å²) in [5.74, 6) is 0.399. The fourth-order valence-corrected chi connectivity index (χ4v) is 4.23. The lowest BCUT2D eigenvalue weighted by atomic mass is 10.1. The van der Waals surface area contributed by atoms with Gasteiger partial charge < -0.3 is 14.7 Å². The van der Waals surface area contributed by atoms with Crippen LogP contribution in [0.15, 0.2) is 64.5 Å². The van der Waals surface area contributed by atoms with Crippen molar-refractivity contribution in [2.75, 3.05) is 26.0 Å². The number of hydrogen-bond acceptors (Lipinski definition) is 6. The quantitative estimate of drug-likeness (QED) is 0.394. The first-order chi connectivity index (χ1) is 15.5. The van der Waals surface area contributed by atoms with Crippen molar-refractivity contribution < 1.29 is 14.6 Å². The molecule has 1 heterocycles. The normalized spacial score (nSPS) is 10.7. The van der Waals surface area contributed by atoms with E-state index in [1.54, 1.807) is 36.3 Å². The summed E-state index contributed by atoms with van der Waals surface area (Å²) in [7, 11) is 1.57. The van der Waals surface area contributed by atoms with E-state index in [0.29, 0.717) is 24.5 Å². The van der Waals surface area contributed by atoms with Gasteiger partial charge in [0.1, 0.15) is 5.75 Å². The third-order valence-electron chi connectivity index (χ3n) is 5.12. The summed E-state index contributed by atoms with van der Waals surface area (Å²) in [6.07, 6.45) is 0.248. The number of hydrogen-bond donors (Lipinski definition) is 1. The molecule has 0 saturated heterocycles. The van der Waals surface area contributed by atoms with Crippen LogP contribution in [0.5, 0.6) is 11.6 Å². The average molecular weight is 454 g/mol. The molecule has 0 aliphatic rings. The van der Waals surface area contributed by atoms with Gasteiger partial charge in [0.15, 0.2) is 5.16 Å². The van der Waals surface area contributed by atoms with Crippen LogP contribution in [-0.4, -0.2) is 51.4 Å². The molecule has 7 nitrogen and oxygen atoms in total. The van der Waals surface area contributed by atoms with Crippen molar-refractivity contribution >= 4 is 17.7 Å². The number of nitrogens with zero attached hydrogens (tertiary/aromatic N) is 3. The number of rotatable bonds is 9. The topological polar surface area (TPSA) is 84.7 Å². The van der Waals surface area contributed by atoms with Crippen molar-refractivity contribution in [3.63, 3.8) is 0 Å². The minimum Gasteiger partial charge on any atom is -0.497 e. The number of thioether (sulfide) groups is 1. The first kappa shape index (κ1) is 23.4. The van der Waals surface area contributed by atoms with E-state index in [1.807, 2.05) is 44.2 Å². The van der Waals surface area contributed by atoms with Gasteiger partial charge in [-0.1, -0.05) is 42.1 Å². The second-order valence-corrected chi connectivity index (χ2v) is 7.99. The molecule has 2 aromatic carbocycles. The standard InChI is InChI=1S/C24H27N3O4S/c1-4-26(5-2)21(28)16-32-24-25-22(29)20(15-17-9-7-6-8-10-17)23(30)27(24)18-11-13-19(31-3)14-12-18/h6-14,29H,4-5,15-16H2,1-3H3. The van der Waals surface area contributed by atoms with E-state index in [9.17, 15) is 14.7 Å². The molecule has 0 atom stereocenters. The zero-order valence-corrected chi connectivity index (χ0v) is 19.3.